The van der Waals surface area contributed by atoms with Gasteiger partial charge >= 0.3 is 6.61 Å². The molecule has 8 nitrogen and oxygen atoms in total. The number of nitrogens with one attached hydrogen (secondary N) is 1. The third-order valence-corrected chi connectivity index (χ3v) is 4.79. The first kappa shape index (κ1) is 22.4. The summed E-state index contributed by atoms with van der Waals surface area (Å²) in [6.07, 6.45) is 1.48. The van der Waals surface area contributed by atoms with Gasteiger partial charge in [-0.15, -0.1) is 0 Å². The van der Waals surface area contributed by atoms with Crippen LogP contribution in [-0.2, 0) is 6.54 Å². The Balaban J connectivity index is 1.65. The molecule has 3 rings (SSSR count). The minimum Gasteiger partial charge on any atom is -0.493 e. The van der Waals surface area contributed by atoms with E-state index in [4.69, 9.17) is 9.15 Å². The molecule has 1 aliphatic heterocycles. The largest absolute Gasteiger partial charge is 0.493 e. The van der Waals surface area contributed by atoms with Gasteiger partial charge in [0.2, 0.25) is 0 Å². The fourth-order valence-electron chi connectivity index (χ4n) is 3.28. The summed E-state index contributed by atoms with van der Waals surface area (Å²) in [7, 11) is 1.39. The Morgan fingerprint density at radius 1 is 1.19 bits per heavy atom. The summed E-state index contributed by atoms with van der Waals surface area (Å²) in [4.78, 5) is 20.9. The van der Waals surface area contributed by atoms with E-state index in [1.165, 1.54) is 19.4 Å². The molecular weight excluding hydrogens is 410 g/mol. The van der Waals surface area contributed by atoms with Crippen LogP contribution in [0.25, 0.3) is 0 Å². The topological polar surface area (TPSA) is 79.5 Å². The molecular formula is C21H26F2N4O4. The number of hydrogen-bond donors (Lipinski definition) is 1. The fourth-order valence-corrected chi connectivity index (χ4v) is 3.28. The van der Waals surface area contributed by atoms with Gasteiger partial charge in [0.15, 0.2) is 23.2 Å². The molecule has 1 saturated heterocycles. The van der Waals surface area contributed by atoms with Gasteiger partial charge in [0.25, 0.3) is 5.91 Å². The number of benzene rings is 1. The number of amides is 1. The summed E-state index contributed by atoms with van der Waals surface area (Å²) < 4.78 is 40.1. The monoisotopic (exact) mass is 436 g/mol. The average Bonchev–Trinajstić information content (AvgIpc) is 3.31. The molecule has 1 aromatic heterocycles. The lowest BCUT2D eigenvalue weighted by Crippen LogP contribution is -2.53. The summed E-state index contributed by atoms with van der Waals surface area (Å²) in [6.45, 7) is 2.28. The van der Waals surface area contributed by atoms with Crippen molar-refractivity contribution in [3.63, 3.8) is 0 Å². The zero-order valence-corrected chi connectivity index (χ0v) is 17.5. The zero-order valence-electron chi connectivity index (χ0n) is 17.5. The van der Waals surface area contributed by atoms with Gasteiger partial charge < -0.3 is 29.0 Å². The second-order valence-electron chi connectivity index (χ2n) is 6.79. The van der Waals surface area contributed by atoms with Gasteiger partial charge in [0.1, 0.15) is 0 Å². The van der Waals surface area contributed by atoms with Crippen molar-refractivity contribution < 1.29 is 27.5 Å². The summed E-state index contributed by atoms with van der Waals surface area (Å²) in [6, 6.07) is 8.17. The number of halogens is 2. The first-order valence-electron chi connectivity index (χ1n) is 9.99. The Morgan fingerprint density at radius 3 is 2.55 bits per heavy atom. The van der Waals surface area contributed by atoms with Crippen molar-refractivity contribution in [3.8, 4) is 11.5 Å². The summed E-state index contributed by atoms with van der Waals surface area (Å²) >= 11 is 0. The zero-order chi connectivity index (χ0) is 22.2. The van der Waals surface area contributed by atoms with Crippen LogP contribution in [0.2, 0.25) is 0 Å². The molecule has 0 unspecified atom stereocenters. The van der Waals surface area contributed by atoms with Crippen LogP contribution < -0.4 is 14.8 Å². The van der Waals surface area contributed by atoms with Crippen LogP contribution in [-0.4, -0.2) is 68.1 Å². The summed E-state index contributed by atoms with van der Waals surface area (Å²) in [5, 5.41) is 3.24. The van der Waals surface area contributed by atoms with E-state index in [-0.39, 0.29) is 24.0 Å². The van der Waals surface area contributed by atoms with E-state index < -0.39 is 6.61 Å². The van der Waals surface area contributed by atoms with Crippen LogP contribution in [0.3, 0.4) is 0 Å². The van der Waals surface area contributed by atoms with E-state index in [9.17, 15) is 13.6 Å². The number of carbonyl (C=O) groups is 1. The molecule has 2 heterocycles. The van der Waals surface area contributed by atoms with E-state index in [1.807, 2.05) is 6.92 Å². The number of rotatable bonds is 7. The molecule has 0 aliphatic carbocycles. The first-order valence-corrected chi connectivity index (χ1v) is 9.99. The van der Waals surface area contributed by atoms with E-state index in [0.29, 0.717) is 50.0 Å². The van der Waals surface area contributed by atoms with E-state index >= 15 is 0 Å². The van der Waals surface area contributed by atoms with Crippen molar-refractivity contribution in [2.75, 3.05) is 39.8 Å². The van der Waals surface area contributed by atoms with Crippen LogP contribution in [0.15, 0.2) is 46.0 Å². The second kappa shape index (κ2) is 10.6. The lowest BCUT2D eigenvalue weighted by atomic mass is 10.2. The van der Waals surface area contributed by atoms with Gasteiger partial charge in [-0.05, 0) is 36.8 Å². The number of aliphatic imine (C=N–C) groups is 1. The summed E-state index contributed by atoms with van der Waals surface area (Å²) in [5.74, 6) is 1.10. The lowest BCUT2D eigenvalue weighted by molar-refractivity contribution is -0.0512. The maximum Gasteiger partial charge on any atom is 0.387 e. The van der Waals surface area contributed by atoms with Crippen molar-refractivity contribution in [2.24, 2.45) is 4.99 Å². The molecule has 2 aromatic rings. The van der Waals surface area contributed by atoms with Crippen molar-refractivity contribution in [3.05, 3.63) is 47.9 Å². The molecule has 1 N–H and O–H groups in total. The highest BCUT2D eigenvalue weighted by Crippen LogP contribution is 2.29. The number of piperazine rings is 1. The highest BCUT2D eigenvalue weighted by molar-refractivity contribution is 5.91. The van der Waals surface area contributed by atoms with Gasteiger partial charge in [-0.25, -0.2) is 4.99 Å². The molecule has 31 heavy (non-hydrogen) atoms. The molecule has 0 bridgehead atoms. The Labute approximate surface area is 179 Å². The smallest absolute Gasteiger partial charge is 0.387 e. The molecule has 168 valence electrons. The average molecular weight is 436 g/mol. The predicted molar refractivity (Wildman–Crippen MR) is 111 cm³/mol. The molecule has 0 radical (unpaired) electrons. The number of carbonyl (C=O) groups excluding carboxylic acids is 1. The lowest BCUT2D eigenvalue weighted by Gasteiger charge is -2.36. The quantitative estimate of drug-likeness (QED) is 0.531. The van der Waals surface area contributed by atoms with Crippen LogP contribution in [0.1, 0.15) is 23.0 Å². The van der Waals surface area contributed by atoms with Crippen molar-refractivity contribution >= 4 is 11.9 Å². The number of hydrogen-bond acceptors (Lipinski definition) is 5. The third-order valence-electron chi connectivity index (χ3n) is 4.79. The maximum absolute atomic E-state index is 12.6. The highest BCUT2D eigenvalue weighted by atomic mass is 19.3. The van der Waals surface area contributed by atoms with Crippen molar-refractivity contribution in [1.82, 2.24) is 15.1 Å². The van der Waals surface area contributed by atoms with Gasteiger partial charge in [-0.3, -0.25) is 4.79 Å². The Bertz CT molecular complexity index is 882. The minimum atomic E-state index is -2.94. The molecule has 1 aromatic carbocycles. The van der Waals surface area contributed by atoms with E-state index in [0.717, 1.165) is 0 Å². The van der Waals surface area contributed by atoms with Crippen molar-refractivity contribution in [2.45, 2.75) is 20.1 Å². The molecule has 0 saturated carbocycles. The van der Waals surface area contributed by atoms with E-state index in [2.05, 4.69) is 19.9 Å². The van der Waals surface area contributed by atoms with Crippen LogP contribution in [0.4, 0.5) is 8.78 Å². The molecule has 0 spiro atoms. The Morgan fingerprint density at radius 2 is 1.94 bits per heavy atom. The van der Waals surface area contributed by atoms with Gasteiger partial charge in [0.05, 0.1) is 19.9 Å². The molecule has 1 aliphatic rings. The minimum absolute atomic E-state index is 0.0275. The Kier molecular flexibility index (Phi) is 7.69. The van der Waals surface area contributed by atoms with Crippen LogP contribution in [0, 0.1) is 0 Å². The fraction of sp³-hybridized carbons (Fsp3) is 0.429. The molecule has 10 heteroatoms. The predicted octanol–water partition coefficient (Wildman–Crippen LogP) is 2.81. The van der Waals surface area contributed by atoms with Crippen LogP contribution >= 0.6 is 0 Å². The number of guanidine groups is 1. The Hall–Kier alpha value is -3.30. The standard InChI is InChI=1S/C21H26F2N4O4/c1-3-24-21(25-14-15-6-7-16(29-2)18(13-15)31-20(22)23)27-10-8-26(9-11-27)19(28)17-5-4-12-30-17/h4-7,12-13,20H,3,8-11,14H2,1-2H3,(H,24,25). The van der Waals surface area contributed by atoms with Gasteiger partial charge in [-0.1, -0.05) is 6.07 Å². The number of alkyl halides is 2. The number of nitrogens with zero attached hydrogens (tertiary/aromatic N) is 3. The first-order chi connectivity index (χ1) is 15.0. The van der Waals surface area contributed by atoms with Gasteiger partial charge in [0, 0.05) is 32.7 Å². The van der Waals surface area contributed by atoms with Crippen LogP contribution in [0.5, 0.6) is 11.5 Å². The number of methoxy groups -OCH3 is 1. The second-order valence-corrected chi connectivity index (χ2v) is 6.79. The summed E-state index contributed by atoms with van der Waals surface area (Å²) in [5.41, 5.74) is 0.707. The normalized spacial score (nSPS) is 14.7. The maximum atomic E-state index is 12.6. The highest BCUT2D eigenvalue weighted by Gasteiger charge is 2.25. The van der Waals surface area contributed by atoms with Gasteiger partial charge in [-0.2, -0.15) is 8.78 Å². The molecule has 1 amide bonds. The molecule has 1 fully saturated rings. The SMILES string of the molecule is CCNC(=NCc1ccc(OC)c(OC(F)F)c1)N1CCN(C(=O)c2ccco2)CC1. The van der Waals surface area contributed by atoms with Crippen molar-refractivity contribution in [1.29, 1.82) is 0 Å². The number of furan rings is 1. The third kappa shape index (κ3) is 5.87. The molecule has 0 atom stereocenters. The van der Waals surface area contributed by atoms with E-state index in [1.54, 1.807) is 29.2 Å². The number of ether oxygens (including phenoxy) is 2.